The number of nitrogens with one attached hydrogen (secondary N) is 2. The molecule has 1 saturated carbocycles. The molecule has 4 atom stereocenters. The van der Waals surface area contributed by atoms with Gasteiger partial charge in [0.1, 0.15) is 12.1 Å². The quantitative estimate of drug-likeness (QED) is 0.505. The summed E-state index contributed by atoms with van der Waals surface area (Å²) < 4.78 is 0. The molecule has 0 radical (unpaired) electrons. The Hall–Kier alpha value is -3.12. The van der Waals surface area contributed by atoms with Gasteiger partial charge < -0.3 is 15.7 Å². The van der Waals surface area contributed by atoms with Gasteiger partial charge in [-0.2, -0.15) is 5.26 Å². The van der Waals surface area contributed by atoms with Crippen LogP contribution in [0.3, 0.4) is 0 Å². The van der Waals surface area contributed by atoms with E-state index >= 15 is 0 Å². The van der Waals surface area contributed by atoms with Gasteiger partial charge in [0.2, 0.25) is 11.8 Å². The van der Waals surface area contributed by atoms with E-state index in [1.807, 2.05) is 30.5 Å². The lowest BCUT2D eigenvalue weighted by molar-refractivity contribution is -0.129. The molecule has 200 valence electrons. The van der Waals surface area contributed by atoms with Crippen molar-refractivity contribution in [2.24, 2.45) is 5.92 Å². The van der Waals surface area contributed by atoms with Crippen molar-refractivity contribution in [1.82, 2.24) is 15.5 Å². The molecule has 2 saturated heterocycles. The molecule has 1 aliphatic carbocycles. The number of nitrogens with zero attached hydrogens (tertiary/aromatic N) is 3. The molecule has 0 aromatic heterocycles. The molecular weight excluding hydrogens is 470 g/mol. The third-order valence-electron chi connectivity index (χ3n) is 7.90. The van der Waals surface area contributed by atoms with E-state index < -0.39 is 30.0 Å². The molecule has 0 spiro atoms. The van der Waals surface area contributed by atoms with Gasteiger partial charge in [-0.05, 0) is 36.0 Å². The fraction of sp³-hybridized carbons (Fsp3) is 0.643. The molecule has 2 aliphatic heterocycles. The topological polar surface area (TPSA) is 126 Å². The second-order valence-electron chi connectivity index (χ2n) is 11.7. The summed E-state index contributed by atoms with van der Waals surface area (Å²) in [6, 6.07) is 5.82. The molecule has 9 nitrogen and oxygen atoms in total. The van der Waals surface area contributed by atoms with E-state index in [0.717, 1.165) is 37.7 Å². The first-order valence-electron chi connectivity index (χ1n) is 13.4. The van der Waals surface area contributed by atoms with Crippen LogP contribution in [0.1, 0.15) is 71.3 Å². The van der Waals surface area contributed by atoms with Crippen LogP contribution >= 0.6 is 0 Å². The molecular formula is C28H39N5O4. The van der Waals surface area contributed by atoms with Gasteiger partial charge in [-0.15, -0.1) is 0 Å². The summed E-state index contributed by atoms with van der Waals surface area (Å²) in [5.41, 5.74) is 1.53. The zero-order chi connectivity index (χ0) is 26.7. The van der Waals surface area contributed by atoms with Gasteiger partial charge in [0.15, 0.2) is 6.19 Å². The Morgan fingerprint density at radius 3 is 2.43 bits per heavy atom. The van der Waals surface area contributed by atoms with Crippen LogP contribution in [0.25, 0.3) is 0 Å². The van der Waals surface area contributed by atoms with E-state index in [0.29, 0.717) is 12.2 Å². The highest BCUT2D eigenvalue weighted by molar-refractivity contribution is 6.04. The number of benzene rings is 1. The second kappa shape index (κ2) is 11.1. The van der Waals surface area contributed by atoms with Crippen molar-refractivity contribution in [2.45, 2.75) is 95.4 Å². The van der Waals surface area contributed by atoms with E-state index in [1.165, 1.54) is 9.80 Å². The van der Waals surface area contributed by atoms with Gasteiger partial charge in [-0.3, -0.25) is 24.2 Å². The predicted molar refractivity (Wildman–Crippen MR) is 139 cm³/mol. The van der Waals surface area contributed by atoms with Gasteiger partial charge in [0, 0.05) is 37.0 Å². The van der Waals surface area contributed by atoms with E-state index in [-0.39, 0.29) is 42.7 Å². The first kappa shape index (κ1) is 26.9. The summed E-state index contributed by atoms with van der Waals surface area (Å²) in [6.07, 6.45) is 6.52. The second-order valence-corrected chi connectivity index (χ2v) is 11.7. The Kier molecular flexibility index (Phi) is 8.08. The van der Waals surface area contributed by atoms with Crippen LogP contribution in [0.2, 0.25) is 0 Å². The van der Waals surface area contributed by atoms with Crippen LogP contribution in [-0.4, -0.2) is 65.0 Å². The van der Waals surface area contributed by atoms with Crippen molar-refractivity contribution >= 4 is 23.4 Å². The third-order valence-corrected chi connectivity index (χ3v) is 7.90. The van der Waals surface area contributed by atoms with E-state index in [9.17, 15) is 24.8 Å². The zero-order valence-electron chi connectivity index (χ0n) is 22.1. The predicted octanol–water partition coefficient (Wildman–Crippen LogP) is 2.19. The Bertz CT molecular complexity index is 1040. The molecule has 4 rings (SSSR count). The molecule has 37 heavy (non-hydrogen) atoms. The number of β-amino-alcohol motifs (C(OH)–C–C–N with tert-alkyl or cyclic N) is 1. The summed E-state index contributed by atoms with van der Waals surface area (Å²) in [7, 11) is 0. The van der Waals surface area contributed by atoms with Gasteiger partial charge in [0.05, 0.1) is 12.6 Å². The molecule has 9 heteroatoms. The molecule has 0 bridgehead atoms. The zero-order valence-corrected chi connectivity index (χ0v) is 22.1. The molecule has 3 N–H and O–H groups in total. The highest BCUT2D eigenvalue weighted by atomic mass is 16.3. The van der Waals surface area contributed by atoms with Crippen molar-refractivity contribution in [3.63, 3.8) is 0 Å². The summed E-state index contributed by atoms with van der Waals surface area (Å²) >= 11 is 0. The third kappa shape index (κ3) is 6.07. The monoisotopic (exact) mass is 509 g/mol. The van der Waals surface area contributed by atoms with Crippen molar-refractivity contribution in [3.8, 4) is 6.19 Å². The number of aliphatic hydroxyl groups is 1. The van der Waals surface area contributed by atoms with Crippen LogP contribution in [0.15, 0.2) is 24.3 Å². The highest BCUT2D eigenvalue weighted by Gasteiger charge is 2.46. The average Bonchev–Trinajstić information content (AvgIpc) is 3.47. The van der Waals surface area contributed by atoms with Crippen molar-refractivity contribution in [3.05, 3.63) is 29.8 Å². The van der Waals surface area contributed by atoms with Crippen molar-refractivity contribution < 1.29 is 19.5 Å². The number of nitriles is 1. The Balaban J connectivity index is 1.74. The summed E-state index contributed by atoms with van der Waals surface area (Å²) in [5, 5.41) is 25.9. The lowest BCUT2D eigenvalue weighted by Gasteiger charge is -2.38. The number of carbonyl (C=O) groups excluding carboxylic acids is 3. The maximum Gasteiger partial charge on any atom is 0.251 e. The first-order valence-corrected chi connectivity index (χ1v) is 13.4. The maximum atomic E-state index is 14.2. The minimum atomic E-state index is -0.924. The molecule has 1 aromatic carbocycles. The van der Waals surface area contributed by atoms with E-state index in [4.69, 9.17) is 0 Å². The number of likely N-dealkylation sites (tertiary alicyclic amines) is 1. The smallest absolute Gasteiger partial charge is 0.251 e. The van der Waals surface area contributed by atoms with E-state index in [2.05, 4.69) is 31.4 Å². The van der Waals surface area contributed by atoms with E-state index in [1.54, 1.807) is 0 Å². The number of aliphatic hydroxyl groups excluding tert-OH is 1. The molecule has 3 amide bonds. The van der Waals surface area contributed by atoms with Crippen molar-refractivity contribution in [2.75, 3.05) is 18.0 Å². The minimum absolute atomic E-state index is 0.0398. The molecule has 1 aromatic rings. The number of rotatable bonds is 6. The number of hydrogen-bond donors (Lipinski definition) is 3. The minimum Gasteiger partial charge on any atom is -0.391 e. The van der Waals surface area contributed by atoms with Crippen LogP contribution in [0, 0.1) is 17.4 Å². The normalized spacial score (nSPS) is 25.3. The average molecular weight is 510 g/mol. The fourth-order valence-corrected chi connectivity index (χ4v) is 5.79. The molecule has 2 heterocycles. The number of hydrogen-bond acceptors (Lipinski definition) is 6. The first-order chi connectivity index (χ1) is 17.6. The van der Waals surface area contributed by atoms with Crippen LogP contribution < -0.4 is 15.5 Å². The van der Waals surface area contributed by atoms with Crippen LogP contribution in [0.5, 0.6) is 0 Å². The van der Waals surface area contributed by atoms with Gasteiger partial charge in [-0.1, -0.05) is 52.2 Å². The summed E-state index contributed by atoms with van der Waals surface area (Å²) in [4.78, 5) is 43.1. The van der Waals surface area contributed by atoms with Crippen LogP contribution in [-0.2, 0) is 19.8 Å². The van der Waals surface area contributed by atoms with Gasteiger partial charge >= 0.3 is 0 Å². The molecule has 3 aliphatic rings. The lowest BCUT2D eigenvalue weighted by atomic mass is 9.86. The largest absolute Gasteiger partial charge is 0.391 e. The number of carbonyl (C=O) groups is 3. The molecule has 4 unspecified atom stereocenters. The maximum absolute atomic E-state index is 14.2. The SMILES string of the molecule is CC(C)(C)c1ccc(N(C(=O)C2CC(O)CN2C#N)C(C(=O)NC2CCCCC2)C2CNC(=O)C2)cc1. The van der Waals surface area contributed by atoms with Crippen molar-refractivity contribution in [1.29, 1.82) is 5.26 Å². The van der Waals surface area contributed by atoms with Gasteiger partial charge in [-0.25, -0.2) is 0 Å². The van der Waals surface area contributed by atoms with Gasteiger partial charge in [0.25, 0.3) is 5.91 Å². The summed E-state index contributed by atoms with van der Waals surface area (Å²) in [5.74, 6) is -1.25. The Morgan fingerprint density at radius 2 is 1.86 bits per heavy atom. The fourth-order valence-electron chi connectivity index (χ4n) is 5.79. The highest BCUT2D eigenvalue weighted by Crippen LogP contribution is 2.32. The Morgan fingerprint density at radius 1 is 1.19 bits per heavy atom. The number of amides is 3. The Labute approximate surface area is 219 Å². The lowest BCUT2D eigenvalue weighted by Crippen LogP contribution is -2.59. The van der Waals surface area contributed by atoms with Crippen LogP contribution in [0.4, 0.5) is 5.69 Å². The number of anilines is 1. The standard InChI is InChI=1S/C28H39N5O4/c1-28(2,3)19-9-11-21(12-10-19)33(27(37)23-14-22(34)16-32(23)17-29)25(18-13-24(35)30-15-18)26(36)31-20-7-5-4-6-8-20/h9-12,18,20,22-23,25,34H,4-8,13-16H2,1-3H3,(H,30,35)(H,31,36). The summed E-state index contributed by atoms with van der Waals surface area (Å²) in [6.45, 7) is 6.68. The molecule has 3 fully saturated rings.